The normalized spacial score (nSPS) is 11.1. The Balaban J connectivity index is 2.58. The molecule has 4 nitrogen and oxygen atoms in total. The number of rotatable bonds is 5. The Bertz CT molecular complexity index is 722. The Hall–Kier alpha value is -2.46. The van der Waals surface area contributed by atoms with Crippen molar-refractivity contribution in [2.45, 2.75) is 0 Å². The zero-order valence-corrected chi connectivity index (χ0v) is 12.9. The predicted octanol–water partition coefficient (Wildman–Crippen LogP) is 3.87. The monoisotopic (exact) mass is 318 g/mol. The van der Waals surface area contributed by atoms with Gasteiger partial charge in [0.25, 0.3) is 0 Å². The van der Waals surface area contributed by atoms with Crippen LogP contribution in [0.3, 0.4) is 0 Å². The van der Waals surface area contributed by atoms with E-state index in [1.165, 1.54) is 7.11 Å². The van der Waals surface area contributed by atoms with E-state index in [2.05, 4.69) is 0 Å². The van der Waals surface area contributed by atoms with Gasteiger partial charge in [0.2, 0.25) is 0 Å². The Labute approximate surface area is 133 Å². The second-order valence-corrected chi connectivity index (χ2v) is 4.91. The Kier molecular flexibility index (Phi) is 5.07. The first kappa shape index (κ1) is 15.9. The molecule has 0 aromatic heterocycles. The molecule has 0 saturated carbocycles. The minimum Gasteiger partial charge on any atom is -0.493 e. The molecule has 0 radical (unpaired) electrons. The number of carboxylic acid groups (broad SMARTS) is 1. The SMILES string of the molecule is COc1ccc(/C(=C/C(=O)O)c2cccc(Cl)c2)cc1OC. The first-order chi connectivity index (χ1) is 10.5. The minimum absolute atomic E-state index is 0.526. The summed E-state index contributed by atoms with van der Waals surface area (Å²) in [4.78, 5) is 11.2. The number of carbonyl (C=O) groups is 1. The van der Waals surface area contributed by atoms with Gasteiger partial charge in [-0.25, -0.2) is 4.79 Å². The zero-order chi connectivity index (χ0) is 16.1. The van der Waals surface area contributed by atoms with E-state index in [-0.39, 0.29) is 0 Å². The molecule has 0 heterocycles. The van der Waals surface area contributed by atoms with E-state index in [4.69, 9.17) is 26.2 Å². The van der Waals surface area contributed by atoms with Crippen LogP contribution in [0.25, 0.3) is 5.57 Å². The molecule has 1 N–H and O–H groups in total. The maximum absolute atomic E-state index is 11.2. The van der Waals surface area contributed by atoms with E-state index in [1.54, 1.807) is 49.6 Å². The van der Waals surface area contributed by atoms with E-state index in [1.807, 2.05) is 0 Å². The van der Waals surface area contributed by atoms with Gasteiger partial charge in [-0.15, -0.1) is 0 Å². The van der Waals surface area contributed by atoms with Gasteiger partial charge >= 0.3 is 5.97 Å². The molecule has 0 spiro atoms. The number of ether oxygens (including phenoxy) is 2. The summed E-state index contributed by atoms with van der Waals surface area (Å²) in [5.41, 5.74) is 1.94. The Morgan fingerprint density at radius 2 is 1.73 bits per heavy atom. The van der Waals surface area contributed by atoms with Crippen LogP contribution in [0.15, 0.2) is 48.5 Å². The number of carboxylic acids is 1. The molecule has 2 aromatic carbocycles. The van der Waals surface area contributed by atoms with Gasteiger partial charge in [0.05, 0.1) is 14.2 Å². The van der Waals surface area contributed by atoms with Crippen LogP contribution in [0.2, 0.25) is 5.02 Å². The molecule has 2 rings (SSSR count). The van der Waals surface area contributed by atoms with Gasteiger partial charge in [-0.3, -0.25) is 0 Å². The largest absolute Gasteiger partial charge is 0.493 e. The highest BCUT2D eigenvalue weighted by Crippen LogP contribution is 2.33. The van der Waals surface area contributed by atoms with Crippen molar-refractivity contribution < 1.29 is 19.4 Å². The fraction of sp³-hybridized carbons (Fsp3) is 0.118. The molecule has 0 aliphatic rings. The minimum atomic E-state index is -1.04. The van der Waals surface area contributed by atoms with Crippen LogP contribution >= 0.6 is 11.6 Å². The second-order valence-electron chi connectivity index (χ2n) is 4.48. The molecule has 0 fully saturated rings. The third kappa shape index (κ3) is 3.59. The van der Waals surface area contributed by atoms with Crippen LogP contribution in [0, 0.1) is 0 Å². The first-order valence-corrected chi connectivity index (χ1v) is 6.86. The molecule has 22 heavy (non-hydrogen) atoms. The van der Waals surface area contributed by atoms with Crippen molar-refractivity contribution in [3.63, 3.8) is 0 Å². The summed E-state index contributed by atoms with van der Waals surface area (Å²) in [6, 6.07) is 12.3. The van der Waals surface area contributed by atoms with Crippen molar-refractivity contribution in [3.05, 3.63) is 64.7 Å². The molecule has 2 aromatic rings. The summed E-state index contributed by atoms with van der Waals surface area (Å²) in [5, 5.41) is 9.67. The highest BCUT2D eigenvalue weighted by molar-refractivity contribution is 6.30. The zero-order valence-electron chi connectivity index (χ0n) is 12.2. The number of aliphatic carboxylic acids is 1. The first-order valence-electron chi connectivity index (χ1n) is 6.48. The number of hydrogen-bond donors (Lipinski definition) is 1. The molecule has 0 unspecified atom stereocenters. The van der Waals surface area contributed by atoms with Crippen LogP contribution < -0.4 is 9.47 Å². The summed E-state index contributed by atoms with van der Waals surface area (Å²) in [6.45, 7) is 0. The van der Waals surface area contributed by atoms with Crippen LogP contribution in [-0.4, -0.2) is 25.3 Å². The van der Waals surface area contributed by atoms with Crippen LogP contribution in [0.1, 0.15) is 11.1 Å². The third-order valence-corrected chi connectivity index (χ3v) is 3.33. The van der Waals surface area contributed by atoms with E-state index in [0.29, 0.717) is 33.2 Å². The summed E-state index contributed by atoms with van der Waals surface area (Å²) >= 11 is 6.00. The Morgan fingerprint density at radius 3 is 2.32 bits per heavy atom. The average Bonchev–Trinajstić information content (AvgIpc) is 2.51. The van der Waals surface area contributed by atoms with Crippen LogP contribution in [-0.2, 0) is 4.79 Å². The fourth-order valence-electron chi connectivity index (χ4n) is 2.12. The van der Waals surface area contributed by atoms with Gasteiger partial charge in [-0.2, -0.15) is 0 Å². The van der Waals surface area contributed by atoms with Crippen molar-refractivity contribution in [2.24, 2.45) is 0 Å². The number of hydrogen-bond acceptors (Lipinski definition) is 3. The number of halogens is 1. The molecule has 0 bridgehead atoms. The van der Waals surface area contributed by atoms with Crippen molar-refractivity contribution >= 4 is 23.1 Å². The van der Waals surface area contributed by atoms with E-state index >= 15 is 0 Å². The van der Waals surface area contributed by atoms with Gasteiger partial charge in [0.15, 0.2) is 11.5 Å². The van der Waals surface area contributed by atoms with Gasteiger partial charge in [-0.1, -0.05) is 29.8 Å². The predicted molar refractivity (Wildman–Crippen MR) is 85.7 cm³/mol. The highest BCUT2D eigenvalue weighted by Gasteiger charge is 2.12. The molecule has 114 valence electrons. The molecule has 5 heteroatoms. The maximum atomic E-state index is 11.2. The van der Waals surface area contributed by atoms with E-state index in [9.17, 15) is 4.79 Å². The smallest absolute Gasteiger partial charge is 0.328 e. The topological polar surface area (TPSA) is 55.8 Å². The van der Waals surface area contributed by atoms with Gasteiger partial charge < -0.3 is 14.6 Å². The summed E-state index contributed by atoms with van der Waals surface area (Å²) in [5.74, 6) is 0.0649. The van der Waals surface area contributed by atoms with Gasteiger partial charge in [0.1, 0.15) is 0 Å². The second kappa shape index (κ2) is 7.00. The highest BCUT2D eigenvalue weighted by atomic mass is 35.5. The molecule has 0 amide bonds. The van der Waals surface area contributed by atoms with Gasteiger partial charge in [-0.05, 0) is 41.0 Å². The fourth-order valence-corrected chi connectivity index (χ4v) is 2.31. The molecule has 0 atom stereocenters. The molecular weight excluding hydrogens is 304 g/mol. The van der Waals surface area contributed by atoms with Crippen LogP contribution in [0.4, 0.5) is 0 Å². The number of methoxy groups -OCH3 is 2. The lowest BCUT2D eigenvalue weighted by molar-refractivity contribution is -0.131. The molecule has 0 aliphatic heterocycles. The summed E-state index contributed by atoms with van der Waals surface area (Å²) in [7, 11) is 3.07. The van der Waals surface area contributed by atoms with Crippen molar-refractivity contribution in [1.29, 1.82) is 0 Å². The van der Waals surface area contributed by atoms with Crippen molar-refractivity contribution in [2.75, 3.05) is 14.2 Å². The maximum Gasteiger partial charge on any atom is 0.328 e. The lowest BCUT2D eigenvalue weighted by Crippen LogP contribution is -1.97. The lowest BCUT2D eigenvalue weighted by atomic mass is 9.97. The van der Waals surface area contributed by atoms with E-state index < -0.39 is 5.97 Å². The quantitative estimate of drug-likeness (QED) is 0.850. The number of benzene rings is 2. The third-order valence-electron chi connectivity index (χ3n) is 3.10. The van der Waals surface area contributed by atoms with E-state index in [0.717, 1.165) is 6.08 Å². The van der Waals surface area contributed by atoms with Gasteiger partial charge in [0, 0.05) is 11.1 Å². The van der Waals surface area contributed by atoms with Crippen molar-refractivity contribution in [1.82, 2.24) is 0 Å². The summed E-state index contributed by atoms with van der Waals surface area (Å²) < 4.78 is 10.5. The van der Waals surface area contributed by atoms with Crippen LogP contribution in [0.5, 0.6) is 11.5 Å². The molecule has 0 aliphatic carbocycles. The summed E-state index contributed by atoms with van der Waals surface area (Å²) in [6.07, 6.45) is 1.15. The van der Waals surface area contributed by atoms with Crippen molar-refractivity contribution in [3.8, 4) is 11.5 Å². The lowest BCUT2D eigenvalue weighted by Gasteiger charge is -2.12. The molecular formula is C17H15ClO4. The molecule has 0 saturated heterocycles. The standard InChI is InChI=1S/C17H15ClO4/c1-21-15-7-6-12(9-16(15)22-2)14(10-17(19)20)11-4-3-5-13(18)8-11/h3-10H,1-2H3,(H,19,20)/b14-10+. The Morgan fingerprint density at radius 1 is 1.05 bits per heavy atom. The average molecular weight is 319 g/mol.